The molecule has 0 aliphatic heterocycles. The largest absolute Gasteiger partial charge is 0.444 e. The first-order valence-corrected chi connectivity index (χ1v) is 11.6. The van der Waals surface area contributed by atoms with Gasteiger partial charge in [-0.3, -0.25) is 4.79 Å². The Morgan fingerprint density at radius 2 is 1.16 bits per heavy atom. The third-order valence-electron chi connectivity index (χ3n) is 5.58. The summed E-state index contributed by atoms with van der Waals surface area (Å²) in [7, 11) is 0. The topological polar surface area (TPSA) is 114 Å². The Labute approximate surface area is 193 Å². The third-order valence-corrected chi connectivity index (χ3v) is 5.58. The van der Waals surface area contributed by atoms with E-state index in [0.29, 0.717) is 25.7 Å². The molecule has 32 heavy (non-hydrogen) atoms. The zero-order valence-corrected chi connectivity index (χ0v) is 21.2. The fourth-order valence-electron chi connectivity index (χ4n) is 3.67. The second-order valence-electron chi connectivity index (χ2n) is 11.6. The van der Waals surface area contributed by atoms with E-state index in [4.69, 9.17) is 9.47 Å². The number of hydrogen-bond acceptors (Lipinski definition) is 6. The van der Waals surface area contributed by atoms with Gasteiger partial charge in [-0.1, -0.05) is 0 Å². The minimum absolute atomic E-state index is 0.214. The Kier molecular flexibility index (Phi) is 9.57. The molecular weight excluding hydrogens is 412 g/mol. The quantitative estimate of drug-likeness (QED) is 0.559. The zero-order valence-electron chi connectivity index (χ0n) is 21.2. The normalized spacial score (nSPS) is 25.7. The smallest absolute Gasteiger partial charge is 0.408 e. The van der Waals surface area contributed by atoms with Gasteiger partial charge in [-0.25, -0.2) is 9.59 Å². The predicted octanol–water partition coefficient (Wildman–Crippen LogP) is 4.62. The van der Waals surface area contributed by atoms with Crippen molar-refractivity contribution in [3.05, 3.63) is 0 Å². The first-order valence-electron chi connectivity index (χ1n) is 11.6. The van der Waals surface area contributed by atoms with Crippen LogP contribution in [-0.2, 0) is 14.3 Å². The van der Waals surface area contributed by atoms with Crippen molar-refractivity contribution in [3.8, 4) is 0 Å². The summed E-state index contributed by atoms with van der Waals surface area (Å²) in [4.78, 5) is 34.3. The summed E-state index contributed by atoms with van der Waals surface area (Å²) in [5, 5.41) is 15.2. The van der Waals surface area contributed by atoms with Crippen molar-refractivity contribution < 1.29 is 29.0 Å². The average molecular weight is 457 g/mol. The molecule has 3 N–H and O–H groups in total. The van der Waals surface area contributed by atoms with Crippen LogP contribution in [0.5, 0.6) is 0 Å². The molecule has 0 aromatic heterocycles. The van der Waals surface area contributed by atoms with Gasteiger partial charge in [-0.05, 0) is 93.9 Å². The number of Topliss-reactive ketones (excluding diaryl/α,β-unsaturated/α-hetero) is 1. The standard InChI is InChI=1S/C12H23NO3.C12H21NO3/c2*1-11(2,3)16-10(15)13-12(4)7-5-9(14)6-8-12/h9,14H,5-8H2,1-4H3,(H,13,15);5-8H2,1-4H3,(H,13,15). The van der Waals surface area contributed by atoms with Crippen molar-refractivity contribution in [2.75, 3.05) is 0 Å². The Balaban J connectivity index is 0.000000320. The molecule has 8 heteroatoms. The third kappa shape index (κ3) is 11.7. The Bertz CT molecular complexity index is 644. The van der Waals surface area contributed by atoms with Crippen LogP contribution >= 0.6 is 0 Å². The SMILES string of the molecule is CC1(NC(=O)OC(C)(C)C)CCC(=O)CC1.CC1(NC(=O)OC(C)(C)C)CCC(O)CC1. The van der Waals surface area contributed by atoms with Crippen molar-refractivity contribution in [3.63, 3.8) is 0 Å². The predicted molar refractivity (Wildman–Crippen MR) is 123 cm³/mol. The van der Waals surface area contributed by atoms with E-state index in [1.807, 2.05) is 55.4 Å². The molecule has 2 fully saturated rings. The highest BCUT2D eigenvalue weighted by Gasteiger charge is 2.34. The van der Waals surface area contributed by atoms with Crippen molar-refractivity contribution >= 4 is 18.0 Å². The zero-order chi connectivity index (χ0) is 24.8. The van der Waals surface area contributed by atoms with Crippen LogP contribution in [0, 0.1) is 0 Å². The van der Waals surface area contributed by atoms with Crippen LogP contribution in [0.15, 0.2) is 0 Å². The van der Waals surface area contributed by atoms with Gasteiger partial charge < -0.3 is 25.2 Å². The van der Waals surface area contributed by atoms with Crippen LogP contribution < -0.4 is 10.6 Å². The average Bonchev–Trinajstić information content (AvgIpc) is 2.57. The second-order valence-corrected chi connectivity index (χ2v) is 11.6. The van der Waals surface area contributed by atoms with Gasteiger partial charge in [0.2, 0.25) is 0 Å². The van der Waals surface area contributed by atoms with Crippen molar-refractivity contribution in [1.29, 1.82) is 0 Å². The van der Waals surface area contributed by atoms with Crippen LogP contribution in [0.25, 0.3) is 0 Å². The Morgan fingerprint density at radius 1 is 0.812 bits per heavy atom. The Morgan fingerprint density at radius 3 is 1.50 bits per heavy atom. The number of carbonyl (C=O) groups excluding carboxylic acids is 3. The number of aliphatic hydroxyl groups is 1. The number of carbonyl (C=O) groups is 3. The molecule has 0 saturated heterocycles. The van der Waals surface area contributed by atoms with E-state index in [1.54, 1.807) is 0 Å². The second kappa shape index (κ2) is 10.9. The Hall–Kier alpha value is -1.83. The molecule has 2 amide bonds. The number of hydrogen-bond donors (Lipinski definition) is 3. The number of nitrogens with one attached hydrogen (secondary N) is 2. The molecule has 0 aromatic carbocycles. The lowest BCUT2D eigenvalue weighted by molar-refractivity contribution is -0.121. The van der Waals surface area contributed by atoms with Gasteiger partial charge in [0, 0.05) is 23.9 Å². The van der Waals surface area contributed by atoms with E-state index in [-0.39, 0.29) is 29.1 Å². The van der Waals surface area contributed by atoms with Crippen LogP contribution in [0.2, 0.25) is 0 Å². The molecule has 0 radical (unpaired) electrons. The van der Waals surface area contributed by atoms with Crippen LogP contribution in [0.1, 0.15) is 107 Å². The van der Waals surface area contributed by atoms with E-state index in [0.717, 1.165) is 25.7 Å². The molecule has 2 rings (SSSR count). The highest BCUT2D eigenvalue weighted by molar-refractivity contribution is 5.80. The van der Waals surface area contributed by atoms with E-state index in [1.165, 1.54) is 0 Å². The molecular formula is C24H44N2O6. The fraction of sp³-hybridized carbons (Fsp3) is 0.875. The molecule has 2 aliphatic rings. The van der Waals surface area contributed by atoms with Crippen LogP contribution in [0.3, 0.4) is 0 Å². The fourth-order valence-corrected chi connectivity index (χ4v) is 3.67. The minimum atomic E-state index is -0.481. The maximum atomic E-state index is 11.6. The molecule has 2 saturated carbocycles. The lowest BCUT2D eigenvalue weighted by Gasteiger charge is -2.36. The molecule has 0 bridgehead atoms. The summed E-state index contributed by atoms with van der Waals surface area (Å²) in [5.74, 6) is 0.281. The van der Waals surface area contributed by atoms with E-state index < -0.39 is 17.3 Å². The molecule has 0 atom stereocenters. The lowest BCUT2D eigenvalue weighted by atomic mass is 9.82. The van der Waals surface area contributed by atoms with Gasteiger partial charge in [0.05, 0.1) is 6.10 Å². The van der Waals surface area contributed by atoms with Crippen molar-refractivity contribution in [2.45, 2.75) is 135 Å². The number of amides is 2. The van der Waals surface area contributed by atoms with Crippen molar-refractivity contribution in [1.82, 2.24) is 10.6 Å². The van der Waals surface area contributed by atoms with Gasteiger partial charge in [0.15, 0.2) is 0 Å². The summed E-state index contributed by atoms with van der Waals surface area (Å²) < 4.78 is 10.4. The summed E-state index contributed by atoms with van der Waals surface area (Å²) in [6.07, 6.45) is 4.60. The molecule has 8 nitrogen and oxygen atoms in total. The number of aliphatic hydroxyl groups excluding tert-OH is 1. The lowest BCUT2D eigenvalue weighted by Crippen LogP contribution is -2.50. The molecule has 0 heterocycles. The highest BCUT2D eigenvalue weighted by atomic mass is 16.6. The highest BCUT2D eigenvalue weighted by Crippen LogP contribution is 2.28. The summed E-state index contributed by atoms with van der Waals surface area (Å²) >= 11 is 0. The maximum Gasteiger partial charge on any atom is 0.408 e. The number of alkyl carbamates (subject to hydrolysis) is 2. The first kappa shape index (κ1) is 28.2. The number of ketones is 1. The molecule has 0 spiro atoms. The van der Waals surface area contributed by atoms with Gasteiger partial charge in [-0.2, -0.15) is 0 Å². The van der Waals surface area contributed by atoms with Crippen LogP contribution in [-0.4, -0.2) is 51.5 Å². The summed E-state index contributed by atoms with van der Waals surface area (Å²) in [5.41, 5.74) is -1.47. The van der Waals surface area contributed by atoms with E-state index in [9.17, 15) is 19.5 Å². The molecule has 0 unspecified atom stereocenters. The molecule has 2 aliphatic carbocycles. The van der Waals surface area contributed by atoms with E-state index in [2.05, 4.69) is 10.6 Å². The van der Waals surface area contributed by atoms with Gasteiger partial charge >= 0.3 is 12.2 Å². The van der Waals surface area contributed by atoms with Gasteiger partial charge in [-0.15, -0.1) is 0 Å². The minimum Gasteiger partial charge on any atom is -0.444 e. The van der Waals surface area contributed by atoms with Gasteiger partial charge in [0.1, 0.15) is 17.0 Å². The maximum absolute atomic E-state index is 11.6. The number of ether oxygens (including phenoxy) is 2. The molecule has 0 aromatic rings. The molecule has 186 valence electrons. The number of rotatable bonds is 2. The summed E-state index contributed by atoms with van der Waals surface area (Å²) in [6, 6.07) is 0. The monoisotopic (exact) mass is 456 g/mol. The van der Waals surface area contributed by atoms with Crippen molar-refractivity contribution in [2.24, 2.45) is 0 Å². The van der Waals surface area contributed by atoms with Gasteiger partial charge in [0.25, 0.3) is 0 Å². The van der Waals surface area contributed by atoms with E-state index >= 15 is 0 Å². The first-order chi connectivity index (χ1) is 14.4. The summed E-state index contributed by atoms with van der Waals surface area (Å²) in [6.45, 7) is 15.0. The van der Waals surface area contributed by atoms with Crippen LogP contribution in [0.4, 0.5) is 9.59 Å².